The van der Waals surface area contributed by atoms with Gasteiger partial charge in [-0.15, -0.1) is 11.3 Å². The molecule has 1 aromatic heterocycles. The Hall–Kier alpha value is -3.36. The van der Waals surface area contributed by atoms with Crippen LogP contribution in [0.25, 0.3) is 0 Å². The minimum absolute atomic E-state index is 0.139. The molecule has 2 N–H and O–H groups in total. The summed E-state index contributed by atoms with van der Waals surface area (Å²) in [4.78, 5) is 38.1. The van der Waals surface area contributed by atoms with Crippen LogP contribution >= 0.6 is 22.9 Å². The minimum atomic E-state index is -0.646. The Morgan fingerprint density at radius 2 is 1.73 bits per heavy atom. The number of rotatable bonds is 8. The van der Waals surface area contributed by atoms with E-state index in [1.807, 2.05) is 37.3 Å². The van der Waals surface area contributed by atoms with Crippen LogP contribution in [-0.2, 0) is 9.53 Å². The second-order valence-corrected chi connectivity index (χ2v) is 8.61. The van der Waals surface area contributed by atoms with Gasteiger partial charge in [0.15, 0.2) is 6.61 Å². The molecular formula is C24H23ClN2O5S. The predicted molar refractivity (Wildman–Crippen MR) is 128 cm³/mol. The second kappa shape index (κ2) is 11.0. The Morgan fingerprint density at radius 1 is 1.06 bits per heavy atom. The molecule has 0 spiro atoms. The fraction of sp³-hybridized carbons (Fsp3) is 0.208. The number of amides is 2. The van der Waals surface area contributed by atoms with Crippen LogP contribution in [0.15, 0.2) is 54.6 Å². The molecule has 3 aromatic rings. The van der Waals surface area contributed by atoms with Crippen molar-refractivity contribution in [2.45, 2.75) is 19.9 Å². The molecule has 0 bridgehead atoms. The Labute approximate surface area is 200 Å². The normalized spacial score (nSPS) is 11.4. The summed E-state index contributed by atoms with van der Waals surface area (Å²) in [6.07, 6.45) is 0. The van der Waals surface area contributed by atoms with E-state index >= 15 is 0 Å². The number of benzene rings is 2. The van der Waals surface area contributed by atoms with Gasteiger partial charge in [0.05, 0.1) is 23.6 Å². The van der Waals surface area contributed by atoms with Crippen molar-refractivity contribution in [1.29, 1.82) is 0 Å². The quantitative estimate of drug-likeness (QED) is 0.437. The van der Waals surface area contributed by atoms with Gasteiger partial charge in [0.2, 0.25) is 0 Å². The Balaban J connectivity index is 1.76. The third-order valence-corrected chi connectivity index (χ3v) is 6.28. The van der Waals surface area contributed by atoms with Crippen LogP contribution < -0.4 is 15.4 Å². The SMILES string of the molecule is COC(=O)c1c(NC(=O)COc2ccc(Cl)cc2)sc(C(=O)NC(C)c2ccccc2)c1C. The third kappa shape index (κ3) is 6.12. The third-order valence-electron chi connectivity index (χ3n) is 4.83. The number of hydrogen-bond acceptors (Lipinski definition) is 6. The van der Waals surface area contributed by atoms with E-state index in [-0.39, 0.29) is 29.1 Å². The minimum Gasteiger partial charge on any atom is -0.484 e. The van der Waals surface area contributed by atoms with Crippen LogP contribution in [-0.4, -0.2) is 31.5 Å². The van der Waals surface area contributed by atoms with Gasteiger partial charge in [0.1, 0.15) is 10.8 Å². The van der Waals surface area contributed by atoms with Crippen LogP contribution in [0.3, 0.4) is 0 Å². The lowest BCUT2D eigenvalue weighted by Crippen LogP contribution is -2.26. The number of esters is 1. The number of carbonyl (C=O) groups excluding carboxylic acids is 3. The number of nitrogens with one attached hydrogen (secondary N) is 2. The highest BCUT2D eigenvalue weighted by molar-refractivity contribution is 7.18. The molecule has 0 aliphatic carbocycles. The van der Waals surface area contributed by atoms with Gasteiger partial charge < -0.3 is 20.1 Å². The van der Waals surface area contributed by atoms with Crippen molar-refractivity contribution in [3.8, 4) is 5.75 Å². The van der Waals surface area contributed by atoms with E-state index in [4.69, 9.17) is 21.1 Å². The number of thiophene rings is 1. The number of anilines is 1. The second-order valence-electron chi connectivity index (χ2n) is 7.15. The zero-order valence-corrected chi connectivity index (χ0v) is 19.9. The molecule has 33 heavy (non-hydrogen) atoms. The summed E-state index contributed by atoms with van der Waals surface area (Å²) in [6.45, 7) is 3.23. The number of hydrogen-bond donors (Lipinski definition) is 2. The highest BCUT2D eigenvalue weighted by Crippen LogP contribution is 2.34. The molecule has 0 saturated carbocycles. The molecule has 0 radical (unpaired) electrons. The van der Waals surface area contributed by atoms with E-state index in [0.717, 1.165) is 16.9 Å². The van der Waals surface area contributed by atoms with Gasteiger partial charge in [0, 0.05) is 5.02 Å². The summed E-state index contributed by atoms with van der Waals surface area (Å²) in [7, 11) is 1.24. The van der Waals surface area contributed by atoms with Gasteiger partial charge in [-0.2, -0.15) is 0 Å². The van der Waals surface area contributed by atoms with Gasteiger partial charge in [0.25, 0.3) is 11.8 Å². The first-order valence-corrected chi connectivity index (χ1v) is 11.2. The van der Waals surface area contributed by atoms with Crippen LogP contribution in [0, 0.1) is 6.92 Å². The Kier molecular flexibility index (Phi) is 8.08. The van der Waals surface area contributed by atoms with Crippen LogP contribution in [0.5, 0.6) is 5.75 Å². The van der Waals surface area contributed by atoms with Gasteiger partial charge in [-0.25, -0.2) is 4.79 Å². The molecule has 1 unspecified atom stereocenters. The smallest absolute Gasteiger partial charge is 0.341 e. The molecule has 7 nitrogen and oxygen atoms in total. The summed E-state index contributed by atoms with van der Waals surface area (Å²) >= 11 is 6.85. The monoisotopic (exact) mass is 486 g/mol. The summed E-state index contributed by atoms with van der Waals surface area (Å²) in [5.41, 5.74) is 1.51. The van der Waals surface area contributed by atoms with Gasteiger partial charge in [-0.05, 0) is 49.2 Å². The topological polar surface area (TPSA) is 93.7 Å². The molecule has 2 amide bonds. The summed E-state index contributed by atoms with van der Waals surface area (Å²) < 4.78 is 10.3. The number of ether oxygens (including phenoxy) is 2. The van der Waals surface area contributed by atoms with E-state index < -0.39 is 11.9 Å². The maximum Gasteiger partial charge on any atom is 0.341 e. The number of halogens is 1. The van der Waals surface area contributed by atoms with Gasteiger partial charge >= 0.3 is 5.97 Å². The van der Waals surface area contributed by atoms with Crippen molar-refractivity contribution in [3.63, 3.8) is 0 Å². The Bertz CT molecular complexity index is 1150. The zero-order chi connectivity index (χ0) is 24.0. The predicted octanol–water partition coefficient (Wildman–Crippen LogP) is 5.01. The molecule has 0 aliphatic heterocycles. The maximum absolute atomic E-state index is 12.9. The van der Waals surface area contributed by atoms with E-state index in [2.05, 4.69) is 10.6 Å². The first-order valence-electron chi connectivity index (χ1n) is 10.1. The molecule has 172 valence electrons. The molecule has 2 aromatic carbocycles. The number of methoxy groups -OCH3 is 1. The highest BCUT2D eigenvalue weighted by Gasteiger charge is 2.27. The van der Waals surface area contributed by atoms with E-state index in [9.17, 15) is 14.4 Å². The maximum atomic E-state index is 12.9. The number of carbonyl (C=O) groups is 3. The molecule has 0 aliphatic rings. The molecule has 9 heteroatoms. The fourth-order valence-electron chi connectivity index (χ4n) is 3.10. The van der Waals surface area contributed by atoms with Crippen molar-refractivity contribution in [1.82, 2.24) is 5.32 Å². The Morgan fingerprint density at radius 3 is 2.36 bits per heavy atom. The van der Waals surface area contributed by atoms with Crippen molar-refractivity contribution < 1.29 is 23.9 Å². The van der Waals surface area contributed by atoms with Crippen molar-refractivity contribution in [2.75, 3.05) is 19.0 Å². The molecule has 1 heterocycles. The van der Waals surface area contributed by atoms with Crippen LogP contribution in [0.2, 0.25) is 5.02 Å². The van der Waals surface area contributed by atoms with Gasteiger partial charge in [-0.3, -0.25) is 9.59 Å². The lowest BCUT2D eigenvalue weighted by molar-refractivity contribution is -0.118. The molecule has 0 fully saturated rings. The molecule has 3 rings (SSSR count). The van der Waals surface area contributed by atoms with E-state index in [0.29, 0.717) is 21.2 Å². The average Bonchev–Trinajstić information content (AvgIpc) is 3.14. The first kappa shape index (κ1) is 24.3. The lowest BCUT2D eigenvalue weighted by Gasteiger charge is -2.14. The summed E-state index contributed by atoms with van der Waals surface area (Å²) in [5.74, 6) is -1.01. The summed E-state index contributed by atoms with van der Waals surface area (Å²) in [6, 6.07) is 15.8. The van der Waals surface area contributed by atoms with Crippen molar-refractivity contribution >= 4 is 45.7 Å². The van der Waals surface area contributed by atoms with Crippen LogP contribution in [0.4, 0.5) is 5.00 Å². The van der Waals surface area contributed by atoms with Gasteiger partial charge in [-0.1, -0.05) is 41.9 Å². The zero-order valence-electron chi connectivity index (χ0n) is 18.3. The lowest BCUT2D eigenvalue weighted by atomic mass is 10.1. The van der Waals surface area contributed by atoms with E-state index in [1.165, 1.54) is 7.11 Å². The standard InChI is InChI=1S/C24H23ClN2O5S/c1-14-20(24(30)31-3)23(27-19(28)13-32-18-11-9-17(25)10-12-18)33-21(14)22(29)26-15(2)16-7-5-4-6-8-16/h4-12,15H,13H2,1-3H3,(H,26,29)(H,27,28). The fourth-order valence-corrected chi connectivity index (χ4v) is 4.34. The first-order chi connectivity index (χ1) is 15.8. The molecular weight excluding hydrogens is 464 g/mol. The van der Waals surface area contributed by atoms with E-state index in [1.54, 1.807) is 31.2 Å². The molecule has 0 saturated heterocycles. The van der Waals surface area contributed by atoms with Crippen LogP contribution in [0.1, 0.15) is 44.1 Å². The van der Waals surface area contributed by atoms with Crippen molar-refractivity contribution in [2.24, 2.45) is 0 Å². The largest absolute Gasteiger partial charge is 0.484 e. The highest BCUT2D eigenvalue weighted by atomic mass is 35.5. The molecule has 1 atom stereocenters. The summed E-state index contributed by atoms with van der Waals surface area (Å²) in [5, 5.41) is 6.36. The van der Waals surface area contributed by atoms with Crippen molar-refractivity contribution in [3.05, 3.63) is 81.2 Å². The average molecular weight is 487 g/mol.